The fraction of sp³-hybridized carbons (Fsp3) is 0.462. The number of nitrogens with two attached hydrogens (primary N) is 1. The van der Waals surface area contributed by atoms with Crippen molar-refractivity contribution in [2.75, 3.05) is 0 Å². The van der Waals surface area contributed by atoms with Gasteiger partial charge in [-0.05, 0) is 18.9 Å². The molecule has 0 heterocycles. The van der Waals surface area contributed by atoms with Crippen molar-refractivity contribution in [1.29, 1.82) is 0 Å². The van der Waals surface area contributed by atoms with E-state index in [1.807, 2.05) is 6.92 Å². The van der Waals surface area contributed by atoms with E-state index < -0.39 is 0 Å². The Labute approximate surface area is 107 Å². The molecule has 0 spiro atoms. The minimum absolute atomic E-state index is 0.0706. The number of rotatable bonds is 5. The van der Waals surface area contributed by atoms with Crippen LogP contribution in [-0.2, 0) is 11.3 Å². The molecule has 0 bridgehead atoms. The van der Waals surface area contributed by atoms with Gasteiger partial charge in [0.2, 0.25) is 0 Å². The van der Waals surface area contributed by atoms with Crippen molar-refractivity contribution in [3.05, 3.63) is 35.1 Å². The first-order valence-electron chi connectivity index (χ1n) is 5.62. The first-order chi connectivity index (χ1) is 7.93. The third-order valence-electron chi connectivity index (χ3n) is 2.78. The molecule has 0 amide bonds. The predicted molar refractivity (Wildman–Crippen MR) is 71.4 cm³/mol. The van der Waals surface area contributed by atoms with Crippen LogP contribution >= 0.6 is 12.2 Å². The Balaban J connectivity index is 2.79. The van der Waals surface area contributed by atoms with E-state index >= 15 is 0 Å². The highest BCUT2D eigenvalue weighted by Gasteiger charge is 2.12. The predicted octanol–water partition coefficient (Wildman–Crippen LogP) is 3.02. The minimum atomic E-state index is -0.379. The Morgan fingerprint density at radius 1 is 1.41 bits per heavy atom. The molecule has 0 saturated heterocycles. The van der Waals surface area contributed by atoms with Gasteiger partial charge in [-0.15, -0.1) is 0 Å². The third-order valence-corrected chi connectivity index (χ3v) is 3.00. The average molecular weight is 255 g/mol. The van der Waals surface area contributed by atoms with Gasteiger partial charge >= 0.3 is 0 Å². The molecule has 4 heteroatoms. The molecule has 2 nitrogen and oxygen atoms in total. The molecule has 1 aromatic rings. The van der Waals surface area contributed by atoms with Gasteiger partial charge in [0.1, 0.15) is 10.8 Å². The minimum Gasteiger partial charge on any atom is -0.389 e. The Morgan fingerprint density at radius 2 is 2.06 bits per heavy atom. The Morgan fingerprint density at radius 3 is 2.59 bits per heavy atom. The lowest BCUT2D eigenvalue weighted by Crippen LogP contribution is -2.17. The molecule has 94 valence electrons. The van der Waals surface area contributed by atoms with Crippen LogP contribution in [0.1, 0.15) is 31.9 Å². The fourth-order valence-corrected chi connectivity index (χ4v) is 1.45. The molecule has 0 saturated carbocycles. The van der Waals surface area contributed by atoms with Crippen molar-refractivity contribution in [2.45, 2.75) is 33.5 Å². The molecule has 0 radical (unpaired) electrons. The second-order valence-electron chi connectivity index (χ2n) is 4.40. The fourth-order valence-electron chi connectivity index (χ4n) is 1.30. The van der Waals surface area contributed by atoms with E-state index in [2.05, 4.69) is 13.8 Å². The zero-order chi connectivity index (χ0) is 13.0. The topological polar surface area (TPSA) is 35.2 Å². The molecule has 0 aliphatic rings. The smallest absolute Gasteiger partial charge is 0.138 e. The van der Waals surface area contributed by atoms with E-state index in [9.17, 15) is 4.39 Å². The molecular formula is C13H18FNOS. The van der Waals surface area contributed by atoms with Crippen molar-refractivity contribution in [3.63, 3.8) is 0 Å². The zero-order valence-corrected chi connectivity index (χ0v) is 11.2. The molecule has 1 unspecified atom stereocenters. The second kappa shape index (κ2) is 6.07. The molecule has 1 aromatic carbocycles. The summed E-state index contributed by atoms with van der Waals surface area (Å²) in [7, 11) is 0. The van der Waals surface area contributed by atoms with Gasteiger partial charge in [-0.2, -0.15) is 0 Å². The number of halogens is 1. The SMILES string of the molecule is CC(C)C(C)OCc1cccc(C(N)=S)c1F. The van der Waals surface area contributed by atoms with Gasteiger partial charge in [0.05, 0.1) is 12.7 Å². The Hall–Kier alpha value is -1.00. The summed E-state index contributed by atoms with van der Waals surface area (Å²) in [5.74, 6) is 0.0211. The number of hydrogen-bond donors (Lipinski definition) is 1. The summed E-state index contributed by atoms with van der Waals surface area (Å²) in [6, 6.07) is 4.99. The van der Waals surface area contributed by atoms with Crippen LogP contribution in [-0.4, -0.2) is 11.1 Å². The van der Waals surface area contributed by atoms with Crippen LogP contribution in [0.5, 0.6) is 0 Å². The summed E-state index contributed by atoms with van der Waals surface area (Å²) in [6.45, 7) is 6.33. The summed E-state index contributed by atoms with van der Waals surface area (Å²) >= 11 is 4.78. The van der Waals surface area contributed by atoms with Gasteiger partial charge in [-0.1, -0.05) is 38.2 Å². The van der Waals surface area contributed by atoms with Crippen LogP contribution in [0.4, 0.5) is 4.39 Å². The average Bonchev–Trinajstić information content (AvgIpc) is 2.26. The normalized spacial score (nSPS) is 12.8. The van der Waals surface area contributed by atoms with E-state index in [-0.39, 0.29) is 29.1 Å². The van der Waals surface area contributed by atoms with Crippen molar-refractivity contribution in [1.82, 2.24) is 0 Å². The standard InChI is InChI=1S/C13H18FNOS/c1-8(2)9(3)16-7-10-5-4-6-11(12(10)14)13(15)17/h4-6,8-9H,7H2,1-3H3,(H2,15,17). The highest BCUT2D eigenvalue weighted by molar-refractivity contribution is 7.80. The van der Waals surface area contributed by atoms with Gasteiger partial charge < -0.3 is 10.5 Å². The summed E-state index contributed by atoms with van der Waals surface area (Å²) in [5.41, 5.74) is 6.20. The van der Waals surface area contributed by atoms with Crippen LogP contribution in [0.15, 0.2) is 18.2 Å². The largest absolute Gasteiger partial charge is 0.389 e. The molecule has 0 fully saturated rings. The maximum Gasteiger partial charge on any atom is 0.138 e. The van der Waals surface area contributed by atoms with Gasteiger partial charge in [-0.3, -0.25) is 0 Å². The van der Waals surface area contributed by atoms with Crippen LogP contribution in [0.3, 0.4) is 0 Å². The molecule has 1 atom stereocenters. The first-order valence-corrected chi connectivity index (χ1v) is 6.03. The van der Waals surface area contributed by atoms with Crippen LogP contribution in [0.25, 0.3) is 0 Å². The van der Waals surface area contributed by atoms with Gasteiger partial charge in [0.25, 0.3) is 0 Å². The number of hydrogen-bond acceptors (Lipinski definition) is 2. The maximum absolute atomic E-state index is 13.9. The van der Waals surface area contributed by atoms with Crippen molar-refractivity contribution >= 4 is 17.2 Å². The number of thiocarbonyl (C=S) groups is 1. The quantitative estimate of drug-likeness (QED) is 0.821. The van der Waals surface area contributed by atoms with Crippen molar-refractivity contribution in [3.8, 4) is 0 Å². The first kappa shape index (κ1) is 14.1. The van der Waals surface area contributed by atoms with Crippen molar-refractivity contribution < 1.29 is 9.13 Å². The van der Waals surface area contributed by atoms with Crippen LogP contribution < -0.4 is 5.73 Å². The maximum atomic E-state index is 13.9. The monoisotopic (exact) mass is 255 g/mol. The molecular weight excluding hydrogens is 237 g/mol. The lowest BCUT2D eigenvalue weighted by atomic mass is 10.1. The highest BCUT2D eigenvalue weighted by Crippen LogP contribution is 2.16. The molecule has 0 aromatic heterocycles. The molecule has 1 rings (SSSR count). The van der Waals surface area contributed by atoms with E-state index in [0.29, 0.717) is 11.5 Å². The molecule has 2 N–H and O–H groups in total. The molecule has 0 aliphatic heterocycles. The van der Waals surface area contributed by atoms with Crippen LogP contribution in [0, 0.1) is 11.7 Å². The van der Waals surface area contributed by atoms with Crippen molar-refractivity contribution in [2.24, 2.45) is 11.7 Å². The molecule has 0 aliphatic carbocycles. The van der Waals surface area contributed by atoms with E-state index in [1.54, 1.807) is 18.2 Å². The highest BCUT2D eigenvalue weighted by atomic mass is 32.1. The molecule has 17 heavy (non-hydrogen) atoms. The summed E-state index contributed by atoms with van der Waals surface area (Å²) in [4.78, 5) is 0.0706. The number of ether oxygens (including phenoxy) is 1. The van der Waals surface area contributed by atoms with E-state index in [1.165, 1.54) is 0 Å². The van der Waals surface area contributed by atoms with Crippen LogP contribution in [0.2, 0.25) is 0 Å². The van der Waals surface area contributed by atoms with Gasteiger partial charge in [0, 0.05) is 11.1 Å². The van der Waals surface area contributed by atoms with E-state index in [0.717, 1.165) is 0 Å². The number of benzene rings is 1. The van der Waals surface area contributed by atoms with E-state index in [4.69, 9.17) is 22.7 Å². The lowest BCUT2D eigenvalue weighted by Gasteiger charge is -2.17. The van der Waals surface area contributed by atoms with Gasteiger partial charge in [0.15, 0.2) is 0 Å². The lowest BCUT2D eigenvalue weighted by molar-refractivity contribution is 0.0221. The zero-order valence-electron chi connectivity index (χ0n) is 10.4. The summed E-state index contributed by atoms with van der Waals surface area (Å²) in [5, 5.41) is 0. The van der Waals surface area contributed by atoms with Gasteiger partial charge in [-0.25, -0.2) is 4.39 Å². The summed E-state index contributed by atoms with van der Waals surface area (Å²) < 4.78 is 19.5. The Kier molecular flexibility index (Phi) is 5.02. The third kappa shape index (κ3) is 3.75. The summed E-state index contributed by atoms with van der Waals surface area (Å²) in [6.07, 6.45) is 0.0860. The second-order valence-corrected chi connectivity index (χ2v) is 4.84. The Bertz CT molecular complexity index is 406.